The second-order valence-electron chi connectivity index (χ2n) is 7.60. The van der Waals surface area contributed by atoms with Gasteiger partial charge in [0.05, 0.1) is 10.5 Å². The van der Waals surface area contributed by atoms with Crippen LogP contribution in [0.15, 0.2) is 18.2 Å². The molecule has 112 valence electrons. The standard InChI is InChI=1S/C18H23ClN2/c1-18(2)12-9-11(10-13(12)18)5-3-7-15-17-14(19)6-4-8-16(17)21-20-15/h4,6,8,11-13H,3,5,7,9-10H2,1-2H3,(H,20,21)/t11?,12-,13+. The maximum absolute atomic E-state index is 6.31. The molecule has 1 heterocycles. The lowest BCUT2D eigenvalue weighted by Gasteiger charge is -2.16. The zero-order chi connectivity index (χ0) is 14.6. The fourth-order valence-corrected chi connectivity index (χ4v) is 4.96. The average Bonchev–Trinajstić information content (AvgIpc) is 2.87. The molecule has 1 aromatic heterocycles. The van der Waals surface area contributed by atoms with Gasteiger partial charge >= 0.3 is 0 Å². The second-order valence-corrected chi connectivity index (χ2v) is 8.01. The quantitative estimate of drug-likeness (QED) is 0.824. The first kappa shape index (κ1) is 13.6. The molecule has 3 heteroatoms. The Balaban J connectivity index is 1.35. The molecule has 2 aromatic rings. The molecule has 4 rings (SSSR count). The number of aromatic amines is 1. The van der Waals surface area contributed by atoms with E-state index in [1.165, 1.54) is 31.4 Å². The maximum Gasteiger partial charge on any atom is 0.0938 e. The number of rotatable bonds is 4. The van der Waals surface area contributed by atoms with Gasteiger partial charge in [0.15, 0.2) is 0 Å². The van der Waals surface area contributed by atoms with E-state index >= 15 is 0 Å². The van der Waals surface area contributed by atoms with Gasteiger partial charge in [0.1, 0.15) is 0 Å². The molecule has 1 aromatic carbocycles. The van der Waals surface area contributed by atoms with Crippen molar-refractivity contribution in [2.45, 2.75) is 46.0 Å². The summed E-state index contributed by atoms with van der Waals surface area (Å²) in [6.45, 7) is 4.88. The van der Waals surface area contributed by atoms with Crippen molar-refractivity contribution in [1.82, 2.24) is 10.2 Å². The monoisotopic (exact) mass is 302 g/mol. The highest BCUT2D eigenvalue weighted by Crippen LogP contribution is 2.68. The van der Waals surface area contributed by atoms with Crippen LogP contribution in [0.5, 0.6) is 0 Å². The minimum Gasteiger partial charge on any atom is -0.281 e. The molecule has 0 saturated heterocycles. The number of aryl methyl sites for hydroxylation is 1. The summed E-state index contributed by atoms with van der Waals surface area (Å²) in [7, 11) is 0. The molecule has 3 atom stereocenters. The third-order valence-electron chi connectivity index (χ3n) is 6.11. The first-order chi connectivity index (χ1) is 10.1. The van der Waals surface area contributed by atoms with Crippen molar-refractivity contribution < 1.29 is 0 Å². The van der Waals surface area contributed by atoms with Crippen LogP contribution in [0.1, 0.15) is 45.2 Å². The Bertz CT molecular complexity index is 659. The van der Waals surface area contributed by atoms with Gasteiger partial charge in [-0.15, -0.1) is 0 Å². The van der Waals surface area contributed by atoms with Gasteiger partial charge in [0.2, 0.25) is 0 Å². The van der Waals surface area contributed by atoms with E-state index in [0.29, 0.717) is 5.41 Å². The summed E-state index contributed by atoms with van der Waals surface area (Å²) in [6, 6.07) is 5.94. The molecule has 1 unspecified atom stereocenters. The zero-order valence-electron chi connectivity index (χ0n) is 12.8. The number of benzene rings is 1. The van der Waals surface area contributed by atoms with Crippen LogP contribution in [0.2, 0.25) is 5.02 Å². The van der Waals surface area contributed by atoms with E-state index in [9.17, 15) is 0 Å². The van der Waals surface area contributed by atoms with Crippen LogP contribution in [0.4, 0.5) is 0 Å². The van der Waals surface area contributed by atoms with Gasteiger partial charge in [-0.05, 0) is 61.0 Å². The number of H-pyrrole nitrogens is 1. The molecule has 2 fully saturated rings. The number of hydrogen-bond acceptors (Lipinski definition) is 1. The normalized spacial score (nSPS) is 29.8. The summed E-state index contributed by atoms with van der Waals surface area (Å²) in [4.78, 5) is 0. The fourth-order valence-electron chi connectivity index (χ4n) is 4.68. The van der Waals surface area contributed by atoms with Gasteiger partial charge in [0, 0.05) is 11.1 Å². The minimum atomic E-state index is 0.656. The third-order valence-corrected chi connectivity index (χ3v) is 6.42. The zero-order valence-corrected chi connectivity index (χ0v) is 13.6. The van der Waals surface area contributed by atoms with Crippen molar-refractivity contribution in [3.63, 3.8) is 0 Å². The SMILES string of the molecule is CC1(C)[C@@H]2CC(CCCc3[nH]nc4cccc(Cl)c34)C[C@@H]21. The minimum absolute atomic E-state index is 0.656. The number of nitrogens with one attached hydrogen (secondary N) is 1. The highest BCUT2D eigenvalue weighted by atomic mass is 35.5. The van der Waals surface area contributed by atoms with Gasteiger partial charge < -0.3 is 0 Å². The average molecular weight is 303 g/mol. The van der Waals surface area contributed by atoms with E-state index in [0.717, 1.165) is 40.1 Å². The highest BCUT2D eigenvalue weighted by Gasteiger charge is 2.61. The van der Waals surface area contributed by atoms with Crippen molar-refractivity contribution in [2.75, 3.05) is 0 Å². The van der Waals surface area contributed by atoms with E-state index in [-0.39, 0.29) is 0 Å². The summed E-state index contributed by atoms with van der Waals surface area (Å²) >= 11 is 6.31. The number of hydrogen-bond donors (Lipinski definition) is 1. The van der Waals surface area contributed by atoms with Crippen molar-refractivity contribution in [3.05, 3.63) is 28.9 Å². The molecule has 2 aliphatic carbocycles. The number of fused-ring (bicyclic) bond motifs is 2. The molecular weight excluding hydrogens is 280 g/mol. The van der Waals surface area contributed by atoms with Gasteiger partial charge in [-0.3, -0.25) is 5.10 Å². The number of halogens is 1. The smallest absolute Gasteiger partial charge is 0.0938 e. The predicted molar refractivity (Wildman–Crippen MR) is 87.5 cm³/mol. The van der Waals surface area contributed by atoms with E-state index in [4.69, 9.17) is 11.6 Å². The highest BCUT2D eigenvalue weighted by molar-refractivity contribution is 6.35. The first-order valence-electron chi connectivity index (χ1n) is 8.19. The molecule has 1 N–H and O–H groups in total. The first-order valence-corrected chi connectivity index (χ1v) is 8.56. The maximum atomic E-state index is 6.31. The van der Waals surface area contributed by atoms with Crippen molar-refractivity contribution in [2.24, 2.45) is 23.2 Å². The van der Waals surface area contributed by atoms with Gasteiger partial charge in [-0.2, -0.15) is 5.10 Å². The molecule has 0 spiro atoms. The molecule has 2 nitrogen and oxygen atoms in total. The summed E-state index contributed by atoms with van der Waals surface area (Å²) in [5, 5.41) is 9.47. The van der Waals surface area contributed by atoms with Crippen molar-refractivity contribution in [1.29, 1.82) is 0 Å². The summed E-state index contributed by atoms with van der Waals surface area (Å²) < 4.78 is 0. The molecular formula is C18H23ClN2. The van der Waals surface area contributed by atoms with Crippen LogP contribution in [0.3, 0.4) is 0 Å². The van der Waals surface area contributed by atoms with Crippen LogP contribution < -0.4 is 0 Å². The van der Waals surface area contributed by atoms with Crippen LogP contribution in [0, 0.1) is 23.2 Å². The Kier molecular flexibility index (Phi) is 3.08. The predicted octanol–water partition coefficient (Wildman–Crippen LogP) is 5.22. The molecule has 2 aliphatic rings. The molecule has 2 saturated carbocycles. The van der Waals surface area contributed by atoms with Crippen LogP contribution in [-0.2, 0) is 6.42 Å². The lowest BCUT2D eigenvalue weighted by Crippen LogP contribution is -2.06. The number of nitrogens with zero attached hydrogens (tertiary/aromatic N) is 1. The summed E-state index contributed by atoms with van der Waals surface area (Å²) in [6.07, 6.45) is 6.58. The fraction of sp³-hybridized carbons (Fsp3) is 0.611. The van der Waals surface area contributed by atoms with Gasteiger partial charge in [-0.1, -0.05) is 37.9 Å². The Morgan fingerprint density at radius 1 is 1.29 bits per heavy atom. The van der Waals surface area contributed by atoms with Gasteiger partial charge in [0.25, 0.3) is 0 Å². The summed E-state index contributed by atoms with van der Waals surface area (Å²) in [5.41, 5.74) is 2.85. The van der Waals surface area contributed by atoms with E-state index in [1.807, 2.05) is 18.2 Å². The van der Waals surface area contributed by atoms with E-state index in [1.54, 1.807) is 0 Å². The lowest BCUT2D eigenvalue weighted by molar-refractivity contribution is 0.353. The Morgan fingerprint density at radius 2 is 2.05 bits per heavy atom. The lowest BCUT2D eigenvalue weighted by atomic mass is 9.89. The van der Waals surface area contributed by atoms with Crippen LogP contribution in [0.25, 0.3) is 10.9 Å². The van der Waals surface area contributed by atoms with Crippen molar-refractivity contribution in [3.8, 4) is 0 Å². The van der Waals surface area contributed by atoms with E-state index < -0.39 is 0 Å². The third kappa shape index (κ3) is 2.19. The Labute approximate surface area is 131 Å². The van der Waals surface area contributed by atoms with Crippen molar-refractivity contribution >= 4 is 22.5 Å². The topological polar surface area (TPSA) is 28.7 Å². The largest absolute Gasteiger partial charge is 0.281 e. The van der Waals surface area contributed by atoms with E-state index in [2.05, 4.69) is 24.0 Å². The molecule has 0 amide bonds. The molecule has 0 radical (unpaired) electrons. The van der Waals surface area contributed by atoms with Crippen LogP contribution >= 0.6 is 11.6 Å². The second kappa shape index (κ2) is 4.74. The van der Waals surface area contributed by atoms with Crippen LogP contribution in [-0.4, -0.2) is 10.2 Å². The molecule has 0 bridgehead atoms. The molecule has 0 aliphatic heterocycles. The Hall–Kier alpha value is -1.02. The number of aromatic nitrogens is 2. The Morgan fingerprint density at radius 3 is 2.81 bits per heavy atom. The van der Waals surface area contributed by atoms with Gasteiger partial charge in [-0.25, -0.2) is 0 Å². The molecule has 21 heavy (non-hydrogen) atoms. The summed E-state index contributed by atoms with van der Waals surface area (Å²) in [5.74, 6) is 2.99.